The van der Waals surface area contributed by atoms with E-state index in [2.05, 4.69) is 47.0 Å². The first-order valence-electron chi connectivity index (χ1n) is 6.08. The summed E-state index contributed by atoms with van der Waals surface area (Å²) in [5.74, 6) is 0.788. The monoisotopic (exact) mass is 408 g/mol. The third kappa shape index (κ3) is 2.98. The highest BCUT2D eigenvalue weighted by molar-refractivity contribution is 9.10. The van der Waals surface area contributed by atoms with Crippen LogP contribution in [0.15, 0.2) is 45.7 Å². The van der Waals surface area contributed by atoms with Crippen LogP contribution in [0.5, 0.6) is 0 Å². The number of halogens is 2. The van der Waals surface area contributed by atoms with Crippen molar-refractivity contribution >= 4 is 37.7 Å². The highest BCUT2D eigenvalue weighted by Crippen LogP contribution is 2.28. The number of nitrogen functional groups attached to an aromatic ring is 1. The number of nitrogens with two attached hydrogens (primary N) is 1. The third-order valence-corrected chi connectivity index (χ3v) is 3.95. The molecule has 0 unspecified atom stereocenters. The summed E-state index contributed by atoms with van der Waals surface area (Å²) in [5.41, 5.74) is 9.19. The van der Waals surface area contributed by atoms with Crippen molar-refractivity contribution in [2.45, 2.75) is 5.33 Å². The zero-order chi connectivity index (χ0) is 14.8. The maximum Gasteiger partial charge on any atom is 0.189 e. The molecule has 0 saturated heterocycles. The Labute approximate surface area is 137 Å². The number of rotatable bonds is 3. The maximum absolute atomic E-state index is 5.82. The molecule has 0 amide bonds. The van der Waals surface area contributed by atoms with Gasteiger partial charge in [0.25, 0.3) is 0 Å². The summed E-state index contributed by atoms with van der Waals surface area (Å²) in [7, 11) is 0. The van der Waals surface area contributed by atoms with E-state index in [1.165, 1.54) is 11.8 Å². The summed E-state index contributed by atoms with van der Waals surface area (Å²) in [6.45, 7) is 0. The van der Waals surface area contributed by atoms with Crippen LogP contribution < -0.4 is 5.73 Å². The number of anilines is 1. The lowest BCUT2D eigenvalue weighted by Gasteiger charge is -1.99. The Bertz CT molecular complexity index is 771. The van der Waals surface area contributed by atoms with Crippen molar-refractivity contribution in [3.63, 3.8) is 0 Å². The molecule has 0 aliphatic rings. The van der Waals surface area contributed by atoms with Crippen LogP contribution in [0, 0.1) is 0 Å². The molecule has 2 heterocycles. The summed E-state index contributed by atoms with van der Waals surface area (Å²) in [6.07, 6.45) is 1.54. The van der Waals surface area contributed by atoms with Gasteiger partial charge in [0.2, 0.25) is 0 Å². The van der Waals surface area contributed by atoms with E-state index in [0.29, 0.717) is 21.9 Å². The Kier molecular flexibility index (Phi) is 4.03. The quantitative estimate of drug-likeness (QED) is 0.660. The van der Waals surface area contributed by atoms with Crippen LogP contribution in [0.4, 0.5) is 5.82 Å². The van der Waals surface area contributed by atoms with Gasteiger partial charge in [-0.2, -0.15) is 0 Å². The lowest BCUT2D eigenvalue weighted by molar-refractivity contribution is 0.433. The predicted octanol–water partition coefficient (Wildman–Crippen LogP) is 4.04. The van der Waals surface area contributed by atoms with Crippen LogP contribution in [0.3, 0.4) is 0 Å². The number of nitrogens with zero attached hydrogens (tertiary/aromatic N) is 3. The lowest BCUT2D eigenvalue weighted by Crippen LogP contribution is -1.96. The van der Waals surface area contributed by atoms with Crippen LogP contribution in [-0.4, -0.2) is 15.1 Å². The Morgan fingerprint density at radius 3 is 2.67 bits per heavy atom. The van der Waals surface area contributed by atoms with Gasteiger partial charge in [0.15, 0.2) is 17.3 Å². The van der Waals surface area contributed by atoms with Crippen molar-refractivity contribution < 1.29 is 4.52 Å². The van der Waals surface area contributed by atoms with E-state index in [-0.39, 0.29) is 0 Å². The Hall–Kier alpha value is -1.73. The van der Waals surface area contributed by atoms with Gasteiger partial charge in [-0.25, -0.2) is 9.97 Å². The van der Waals surface area contributed by atoms with Gasteiger partial charge in [-0.3, -0.25) is 0 Å². The highest BCUT2D eigenvalue weighted by Gasteiger charge is 2.14. The van der Waals surface area contributed by atoms with Gasteiger partial charge >= 0.3 is 0 Å². The van der Waals surface area contributed by atoms with E-state index >= 15 is 0 Å². The maximum atomic E-state index is 5.82. The number of alkyl halides is 1. The van der Waals surface area contributed by atoms with Gasteiger partial charge in [0.1, 0.15) is 10.3 Å². The Morgan fingerprint density at radius 2 is 1.95 bits per heavy atom. The van der Waals surface area contributed by atoms with Gasteiger partial charge in [-0.05, 0) is 21.5 Å². The second-order valence-corrected chi connectivity index (χ2v) is 5.71. The molecule has 0 aliphatic carbocycles. The minimum atomic E-state index is 0.301. The van der Waals surface area contributed by atoms with Crippen molar-refractivity contribution in [2.24, 2.45) is 0 Å². The molecule has 2 N–H and O–H groups in total. The van der Waals surface area contributed by atoms with Gasteiger partial charge in [0.05, 0.1) is 6.20 Å². The van der Waals surface area contributed by atoms with E-state index in [0.717, 1.165) is 16.6 Å². The smallest absolute Gasteiger partial charge is 0.189 e. The topological polar surface area (TPSA) is 77.8 Å². The van der Waals surface area contributed by atoms with E-state index < -0.39 is 0 Å². The van der Waals surface area contributed by atoms with Crippen molar-refractivity contribution in [3.8, 4) is 22.7 Å². The molecule has 0 saturated carbocycles. The Balaban J connectivity index is 1.97. The normalized spacial score (nSPS) is 10.8. The first-order chi connectivity index (χ1) is 10.2. The summed E-state index contributed by atoms with van der Waals surface area (Å²) in [6, 6.07) is 9.86. The number of hydrogen-bond donors (Lipinski definition) is 1. The molecule has 2 aromatic heterocycles. The molecule has 106 valence electrons. The molecule has 5 nitrogen and oxygen atoms in total. The van der Waals surface area contributed by atoms with Crippen molar-refractivity contribution in [1.29, 1.82) is 0 Å². The molecule has 0 bridgehead atoms. The molecule has 7 heteroatoms. The van der Waals surface area contributed by atoms with Crippen molar-refractivity contribution in [3.05, 3.63) is 46.7 Å². The van der Waals surface area contributed by atoms with Crippen LogP contribution in [0.25, 0.3) is 22.7 Å². The molecule has 21 heavy (non-hydrogen) atoms. The first-order valence-corrected chi connectivity index (χ1v) is 7.99. The summed E-state index contributed by atoms with van der Waals surface area (Å²) >= 11 is 6.69. The standard InChI is InChI=1S/C14H10Br2N4O/c15-6-8-1-3-9(4-2-8)10-5-11(21-20-10)13-14(17)18-7-12(16)19-13/h1-5,7H,6H2,(H2,17,18). The number of benzene rings is 1. The summed E-state index contributed by atoms with van der Waals surface area (Å²) in [5, 5.41) is 4.88. The van der Waals surface area contributed by atoms with Gasteiger partial charge < -0.3 is 10.3 Å². The number of hydrogen-bond acceptors (Lipinski definition) is 5. The van der Waals surface area contributed by atoms with Gasteiger partial charge in [-0.1, -0.05) is 45.4 Å². The fraction of sp³-hybridized carbons (Fsp3) is 0.0714. The van der Waals surface area contributed by atoms with Crippen LogP contribution in [-0.2, 0) is 5.33 Å². The SMILES string of the molecule is Nc1ncc(Br)nc1-c1cc(-c2ccc(CBr)cc2)no1. The summed E-state index contributed by atoms with van der Waals surface area (Å²) in [4.78, 5) is 8.30. The zero-order valence-corrected chi connectivity index (χ0v) is 13.9. The molecular weight excluding hydrogens is 400 g/mol. The van der Waals surface area contributed by atoms with Crippen LogP contribution in [0.1, 0.15) is 5.56 Å². The molecule has 3 aromatic rings. The minimum absolute atomic E-state index is 0.301. The zero-order valence-electron chi connectivity index (χ0n) is 10.8. The van der Waals surface area contributed by atoms with Crippen LogP contribution in [0.2, 0.25) is 0 Å². The molecular formula is C14H10Br2N4O. The molecule has 0 aliphatic heterocycles. The second-order valence-electron chi connectivity index (χ2n) is 4.33. The lowest BCUT2D eigenvalue weighted by atomic mass is 10.1. The van der Waals surface area contributed by atoms with Crippen molar-refractivity contribution in [1.82, 2.24) is 15.1 Å². The first kappa shape index (κ1) is 14.2. The van der Waals surface area contributed by atoms with Crippen LogP contribution >= 0.6 is 31.9 Å². The summed E-state index contributed by atoms with van der Waals surface area (Å²) < 4.78 is 5.92. The predicted molar refractivity (Wildman–Crippen MR) is 87.7 cm³/mol. The largest absolute Gasteiger partial charge is 0.382 e. The third-order valence-electron chi connectivity index (χ3n) is 2.92. The van der Waals surface area contributed by atoms with Crippen molar-refractivity contribution in [2.75, 3.05) is 5.73 Å². The minimum Gasteiger partial charge on any atom is -0.382 e. The number of aromatic nitrogens is 3. The molecule has 0 fully saturated rings. The highest BCUT2D eigenvalue weighted by atomic mass is 79.9. The molecule has 0 spiro atoms. The fourth-order valence-corrected chi connectivity index (χ4v) is 2.50. The van der Waals surface area contributed by atoms with E-state index in [1.54, 1.807) is 6.07 Å². The van der Waals surface area contributed by atoms with Gasteiger partial charge in [0, 0.05) is 17.0 Å². The van der Waals surface area contributed by atoms with E-state index in [1.807, 2.05) is 24.3 Å². The van der Waals surface area contributed by atoms with Gasteiger partial charge in [-0.15, -0.1) is 0 Å². The average Bonchev–Trinajstić information content (AvgIpc) is 2.99. The van der Waals surface area contributed by atoms with E-state index in [4.69, 9.17) is 10.3 Å². The molecule has 0 atom stereocenters. The molecule has 0 radical (unpaired) electrons. The Morgan fingerprint density at radius 1 is 1.19 bits per heavy atom. The fourth-order valence-electron chi connectivity index (χ4n) is 1.85. The molecule has 3 rings (SSSR count). The second kappa shape index (κ2) is 5.95. The average molecular weight is 410 g/mol. The molecule has 1 aromatic carbocycles. The van der Waals surface area contributed by atoms with E-state index in [9.17, 15) is 0 Å².